The molecule has 0 saturated carbocycles. The molecule has 0 aliphatic carbocycles. The molecule has 1 atom stereocenters. The van der Waals surface area contributed by atoms with Crippen molar-refractivity contribution < 1.29 is 27.8 Å². The molecular formula is C26H28F2O4Si. The third-order valence-corrected chi connectivity index (χ3v) is 10.5. The number of benzene rings is 3. The number of hydrogen-bond acceptors (Lipinski definition) is 3. The highest BCUT2D eigenvalue weighted by molar-refractivity contribution is 7.00. The Morgan fingerprint density at radius 2 is 1.45 bits per heavy atom. The Hall–Kier alpha value is -3.03. The zero-order chi connectivity index (χ0) is 24.2. The summed E-state index contributed by atoms with van der Waals surface area (Å²) in [4.78, 5) is 11.7. The Morgan fingerprint density at radius 1 is 0.939 bits per heavy atom. The van der Waals surface area contributed by atoms with Gasteiger partial charge in [-0.15, -0.1) is 0 Å². The quantitative estimate of drug-likeness (QED) is 0.467. The summed E-state index contributed by atoms with van der Waals surface area (Å²) in [6.07, 6.45) is -1.78. The van der Waals surface area contributed by atoms with E-state index in [0.29, 0.717) is 0 Å². The van der Waals surface area contributed by atoms with Crippen molar-refractivity contribution >= 4 is 24.7 Å². The average molecular weight is 471 g/mol. The summed E-state index contributed by atoms with van der Waals surface area (Å²) in [6.45, 7) is 7.63. The van der Waals surface area contributed by atoms with E-state index in [0.717, 1.165) is 16.4 Å². The fourth-order valence-corrected chi connectivity index (χ4v) is 8.55. The van der Waals surface area contributed by atoms with Gasteiger partial charge in [-0.2, -0.15) is 0 Å². The average Bonchev–Trinajstić information content (AvgIpc) is 2.78. The van der Waals surface area contributed by atoms with Crippen molar-refractivity contribution in [2.24, 2.45) is 0 Å². The predicted molar refractivity (Wildman–Crippen MR) is 127 cm³/mol. The van der Waals surface area contributed by atoms with Crippen molar-refractivity contribution in [3.8, 4) is 5.75 Å². The lowest BCUT2D eigenvalue weighted by atomic mass is 10.1. The third kappa shape index (κ3) is 4.70. The predicted octanol–water partition coefficient (Wildman–Crippen LogP) is 5.07. The standard InChI is InChI=1S/C26H28F2O4Si/c1-5-31-24(25(29)30)22-20(27)16-17-21(23(22)28)32-33(26(2,3)4,18-12-8-6-9-13-18)19-14-10-7-11-15-19/h6-17,24H,5H2,1-4H3,(H,29,30). The summed E-state index contributed by atoms with van der Waals surface area (Å²) in [6, 6.07) is 21.4. The maximum Gasteiger partial charge on any atom is 0.337 e. The molecule has 0 saturated heterocycles. The second-order valence-corrected chi connectivity index (χ2v) is 12.9. The lowest BCUT2D eigenvalue weighted by molar-refractivity contribution is -0.151. The molecule has 0 aliphatic rings. The fraction of sp³-hybridized carbons (Fsp3) is 0.269. The van der Waals surface area contributed by atoms with Crippen LogP contribution < -0.4 is 14.8 Å². The van der Waals surface area contributed by atoms with Crippen LogP contribution >= 0.6 is 0 Å². The maximum atomic E-state index is 15.7. The van der Waals surface area contributed by atoms with E-state index in [-0.39, 0.29) is 12.4 Å². The van der Waals surface area contributed by atoms with Gasteiger partial charge >= 0.3 is 14.3 Å². The summed E-state index contributed by atoms with van der Waals surface area (Å²) in [5.74, 6) is -3.74. The number of rotatable bonds is 8. The van der Waals surface area contributed by atoms with Gasteiger partial charge in [-0.05, 0) is 34.5 Å². The molecule has 7 heteroatoms. The van der Waals surface area contributed by atoms with Crippen LogP contribution in [0.3, 0.4) is 0 Å². The molecule has 33 heavy (non-hydrogen) atoms. The van der Waals surface area contributed by atoms with Crippen LogP contribution in [0, 0.1) is 11.6 Å². The van der Waals surface area contributed by atoms with E-state index in [1.807, 2.05) is 81.4 Å². The van der Waals surface area contributed by atoms with E-state index in [2.05, 4.69) is 0 Å². The van der Waals surface area contributed by atoms with Crippen molar-refractivity contribution in [2.45, 2.75) is 38.8 Å². The van der Waals surface area contributed by atoms with Gasteiger partial charge in [-0.1, -0.05) is 81.4 Å². The van der Waals surface area contributed by atoms with Gasteiger partial charge in [0.1, 0.15) is 11.6 Å². The highest BCUT2D eigenvalue weighted by atomic mass is 28.4. The largest absolute Gasteiger partial charge is 0.532 e. The molecule has 3 aromatic rings. The summed E-state index contributed by atoms with van der Waals surface area (Å²) in [5, 5.41) is 10.9. The molecule has 0 aliphatic heterocycles. The van der Waals surface area contributed by atoms with Crippen molar-refractivity contribution in [3.05, 3.63) is 90.0 Å². The van der Waals surface area contributed by atoms with Crippen LogP contribution in [0.1, 0.15) is 39.4 Å². The number of carboxylic acid groups (broad SMARTS) is 1. The van der Waals surface area contributed by atoms with Gasteiger partial charge in [0.25, 0.3) is 0 Å². The zero-order valence-corrected chi connectivity index (χ0v) is 20.1. The van der Waals surface area contributed by atoms with Crippen LogP contribution in [0.2, 0.25) is 5.04 Å². The van der Waals surface area contributed by atoms with E-state index >= 15 is 4.39 Å². The number of carboxylic acids is 1. The zero-order valence-electron chi connectivity index (χ0n) is 19.1. The van der Waals surface area contributed by atoms with E-state index in [1.54, 1.807) is 6.92 Å². The minimum absolute atomic E-state index is 0.0182. The highest BCUT2D eigenvalue weighted by Crippen LogP contribution is 2.39. The number of carbonyl (C=O) groups is 1. The molecule has 4 nitrogen and oxygen atoms in total. The molecule has 3 aromatic carbocycles. The molecule has 0 spiro atoms. The van der Waals surface area contributed by atoms with E-state index in [4.69, 9.17) is 9.16 Å². The Kier molecular flexibility index (Phi) is 7.34. The second-order valence-electron chi connectivity index (χ2n) is 8.71. The number of halogens is 2. The van der Waals surface area contributed by atoms with Gasteiger partial charge in [0.2, 0.25) is 0 Å². The Bertz CT molecular complexity index is 1060. The first-order valence-electron chi connectivity index (χ1n) is 10.8. The van der Waals surface area contributed by atoms with Gasteiger partial charge in [0, 0.05) is 6.61 Å². The molecule has 0 bridgehead atoms. The lowest BCUT2D eigenvalue weighted by Crippen LogP contribution is -2.69. The van der Waals surface area contributed by atoms with Crippen LogP contribution in [-0.2, 0) is 9.53 Å². The highest BCUT2D eigenvalue weighted by Gasteiger charge is 2.52. The first-order chi connectivity index (χ1) is 15.6. The molecule has 0 heterocycles. The minimum atomic E-state index is -3.19. The third-order valence-electron chi connectivity index (χ3n) is 5.59. The van der Waals surface area contributed by atoms with Crippen LogP contribution in [0.15, 0.2) is 72.8 Å². The monoisotopic (exact) mass is 470 g/mol. The maximum absolute atomic E-state index is 15.7. The second kappa shape index (κ2) is 9.85. The smallest absolute Gasteiger partial charge is 0.337 e. The molecule has 1 N–H and O–H groups in total. The van der Waals surface area contributed by atoms with Gasteiger partial charge in [0.05, 0.1) is 5.56 Å². The van der Waals surface area contributed by atoms with Gasteiger partial charge in [-0.25, -0.2) is 13.6 Å². The molecule has 1 unspecified atom stereocenters. The fourth-order valence-electron chi connectivity index (χ4n) is 4.13. The molecule has 3 rings (SSSR count). The Balaban J connectivity index is 2.28. The van der Waals surface area contributed by atoms with Gasteiger partial charge in [-0.3, -0.25) is 0 Å². The summed E-state index contributed by atoms with van der Waals surface area (Å²) in [5.41, 5.74) is -0.667. The summed E-state index contributed by atoms with van der Waals surface area (Å²) >= 11 is 0. The van der Waals surface area contributed by atoms with E-state index in [1.165, 1.54) is 6.07 Å². The summed E-state index contributed by atoms with van der Waals surface area (Å²) < 4.78 is 42.2. The summed E-state index contributed by atoms with van der Waals surface area (Å²) in [7, 11) is -3.19. The van der Waals surface area contributed by atoms with E-state index < -0.39 is 42.6 Å². The van der Waals surface area contributed by atoms with Gasteiger partial charge in [0.15, 0.2) is 11.9 Å². The Morgan fingerprint density at radius 3 is 1.88 bits per heavy atom. The van der Waals surface area contributed by atoms with Crippen LogP contribution in [0.5, 0.6) is 5.75 Å². The van der Waals surface area contributed by atoms with Gasteiger partial charge < -0.3 is 14.3 Å². The first kappa shape index (κ1) is 24.6. The minimum Gasteiger partial charge on any atom is -0.532 e. The first-order valence-corrected chi connectivity index (χ1v) is 12.7. The van der Waals surface area contributed by atoms with E-state index in [9.17, 15) is 14.3 Å². The SMILES string of the molecule is CCOC(C(=O)O)c1c(F)ccc(O[Si](c2ccccc2)(c2ccccc2)C(C)(C)C)c1F. The topological polar surface area (TPSA) is 55.8 Å². The number of ether oxygens (including phenoxy) is 1. The normalized spacial score (nSPS) is 12.9. The lowest BCUT2D eigenvalue weighted by Gasteiger charge is -2.43. The number of hydrogen-bond donors (Lipinski definition) is 1. The molecule has 0 fully saturated rings. The molecule has 0 radical (unpaired) electrons. The van der Waals surface area contributed by atoms with Crippen LogP contribution in [-0.4, -0.2) is 26.0 Å². The van der Waals surface area contributed by atoms with Crippen molar-refractivity contribution in [2.75, 3.05) is 6.61 Å². The molecular weight excluding hydrogens is 442 g/mol. The Labute approximate surface area is 193 Å². The number of aliphatic carboxylic acids is 1. The van der Waals surface area contributed by atoms with Crippen molar-refractivity contribution in [1.82, 2.24) is 0 Å². The molecule has 0 aromatic heterocycles. The van der Waals surface area contributed by atoms with Crippen molar-refractivity contribution in [1.29, 1.82) is 0 Å². The van der Waals surface area contributed by atoms with Crippen molar-refractivity contribution in [3.63, 3.8) is 0 Å². The van der Waals surface area contributed by atoms with Crippen LogP contribution in [0.4, 0.5) is 8.78 Å². The molecule has 174 valence electrons. The van der Waals surface area contributed by atoms with Crippen LogP contribution in [0.25, 0.3) is 0 Å². The molecule has 0 amide bonds.